The Kier molecular flexibility index (Phi) is 3.53. The molecule has 17 heavy (non-hydrogen) atoms. The third kappa shape index (κ3) is 2.37. The molecule has 0 spiro atoms. The molecule has 1 aliphatic heterocycles. The predicted molar refractivity (Wildman–Crippen MR) is 65.2 cm³/mol. The van der Waals surface area contributed by atoms with Crippen LogP contribution in [0, 0.1) is 6.92 Å². The molecule has 1 aromatic rings. The molecule has 1 aliphatic rings. The molecule has 2 rings (SSSR count). The molecule has 1 saturated heterocycles. The van der Waals surface area contributed by atoms with Gasteiger partial charge in [-0.3, -0.25) is 4.68 Å². The van der Waals surface area contributed by atoms with E-state index >= 15 is 0 Å². The van der Waals surface area contributed by atoms with E-state index in [1.165, 1.54) is 0 Å². The topological polar surface area (TPSA) is 55.2 Å². The summed E-state index contributed by atoms with van der Waals surface area (Å²) in [5.74, 6) is 0. The summed E-state index contributed by atoms with van der Waals surface area (Å²) in [5.41, 5.74) is 0.595. The van der Waals surface area contributed by atoms with Gasteiger partial charge in [-0.15, -0.1) is 0 Å². The summed E-state index contributed by atoms with van der Waals surface area (Å²) in [6.07, 6.45) is 4.68. The number of piperidine rings is 1. The van der Waals surface area contributed by atoms with E-state index in [-0.39, 0.29) is 0 Å². The average molecular weight is 257 g/mol. The van der Waals surface area contributed by atoms with Crippen LogP contribution in [0.15, 0.2) is 11.1 Å². The van der Waals surface area contributed by atoms with Crippen molar-refractivity contribution in [2.24, 2.45) is 0 Å². The monoisotopic (exact) mass is 257 g/mol. The lowest BCUT2D eigenvalue weighted by atomic mass is 10.2. The van der Waals surface area contributed by atoms with Crippen LogP contribution >= 0.6 is 0 Å². The maximum absolute atomic E-state index is 12.4. The fourth-order valence-electron chi connectivity index (χ4n) is 2.16. The van der Waals surface area contributed by atoms with E-state index in [2.05, 4.69) is 5.10 Å². The van der Waals surface area contributed by atoms with E-state index in [1.807, 2.05) is 6.92 Å². The molecule has 5 nitrogen and oxygen atoms in total. The van der Waals surface area contributed by atoms with Gasteiger partial charge in [0.05, 0.1) is 5.69 Å². The maximum Gasteiger partial charge on any atom is 0.246 e. The summed E-state index contributed by atoms with van der Waals surface area (Å²) in [6.45, 7) is 5.67. The minimum Gasteiger partial charge on any atom is -0.271 e. The van der Waals surface area contributed by atoms with E-state index in [0.717, 1.165) is 19.3 Å². The van der Waals surface area contributed by atoms with Gasteiger partial charge in [0.25, 0.3) is 0 Å². The number of sulfonamides is 1. The number of hydrogen-bond acceptors (Lipinski definition) is 3. The van der Waals surface area contributed by atoms with Gasteiger partial charge in [-0.1, -0.05) is 6.42 Å². The number of aromatic nitrogens is 2. The van der Waals surface area contributed by atoms with Crippen LogP contribution in [-0.2, 0) is 16.6 Å². The SMILES string of the molecule is CCn1cc(S(=O)(=O)N2CCCCC2)c(C)n1. The molecule has 0 unspecified atom stereocenters. The van der Waals surface area contributed by atoms with Gasteiger partial charge in [-0.05, 0) is 26.7 Å². The van der Waals surface area contributed by atoms with Gasteiger partial charge >= 0.3 is 0 Å². The Morgan fingerprint density at radius 2 is 1.94 bits per heavy atom. The summed E-state index contributed by atoms with van der Waals surface area (Å²) < 4.78 is 28.1. The van der Waals surface area contributed by atoms with Crippen molar-refractivity contribution in [3.63, 3.8) is 0 Å². The van der Waals surface area contributed by atoms with Crippen LogP contribution in [0.4, 0.5) is 0 Å². The summed E-state index contributed by atoms with van der Waals surface area (Å²) in [4.78, 5) is 0.362. The third-order valence-electron chi connectivity index (χ3n) is 3.16. The zero-order chi connectivity index (χ0) is 12.5. The lowest BCUT2D eigenvalue weighted by Gasteiger charge is -2.25. The normalized spacial score (nSPS) is 18.5. The van der Waals surface area contributed by atoms with Crippen LogP contribution in [0.25, 0.3) is 0 Å². The molecule has 1 aromatic heterocycles. The molecule has 0 saturated carbocycles. The largest absolute Gasteiger partial charge is 0.271 e. The standard InChI is InChI=1S/C11H19N3O2S/c1-3-13-9-11(10(2)12-13)17(15,16)14-7-5-4-6-8-14/h9H,3-8H2,1-2H3. The molecular formula is C11H19N3O2S. The lowest BCUT2D eigenvalue weighted by molar-refractivity contribution is 0.346. The van der Waals surface area contributed by atoms with Crippen molar-refractivity contribution in [2.75, 3.05) is 13.1 Å². The first-order valence-corrected chi connectivity index (χ1v) is 7.54. The highest BCUT2D eigenvalue weighted by atomic mass is 32.2. The highest BCUT2D eigenvalue weighted by Crippen LogP contribution is 2.22. The zero-order valence-corrected chi connectivity index (χ0v) is 11.2. The van der Waals surface area contributed by atoms with Crippen LogP contribution < -0.4 is 0 Å². The molecule has 0 N–H and O–H groups in total. The van der Waals surface area contributed by atoms with Crippen LogP contribution in [-0.4, -0.2) is 35.6 Å². The number of rotatable bonds is 3. The number of hydrogen-bond donors (Lipinski definition) is 0. The molecular weight excluding hydrogens is 238 g/mol. The van der Waals surface area contributed by atoms with E-state index < -0.39 is 10.0 Å². The Hall–Kier alpha value is -0.880. The minimum atomic E-state index is -3.33. The molecule has 0 aromatic carbocycles. The van der Waals surface area contributed by atoms with E-state index in [9.17, 15) is 8.42 Å². The Morgan fingerprint density at radius 3 is 2.47 bits per heavy atom. The fourth-order valence-corrected chi connectivity index (χ4v) is 3.85. The zero-order valence-electron chi connectivity index (χ0n) is 10.4. The Labute approximate surface area is 102 Å². The predicted octanol–water partition coefficient (Wildman–Crippen LogP) is 1.39. The first kappa shape index (κ1) is 12.6. The van der Waals surface area contributed by atoms with Crippen molar-refractivity contribution in [2.45, 2.75) is 44.6 Å². The van der Waals surface area contributed by atoms with Crippen molar-refractivity contribution >= 4 is 10.0 Å². The summed E-state index contributed by atoms with van der Waals surface area (Å²) >= 11 is 0. The van der Waals surface area contributed by atoms with Gasteiger partial charge in [-0.25, -0.2) is 8.42 Å². The molecule has 2 heterocycles. The molecule has 0 bridgehead atoms. The van der Waals surface area contributed by atoms with Crippen LogP contribution in [0.5, 0.6) is 0 Å². The summed E-state index contributed by atoms with van der Waals surface area (Å²) in [5, 5.41) is 4.20. The first-order chi connectivity index (χ1) is 8.05. The summed E-state index contributed by atoms with van der Waals surface area (Å²) in [7, 11) is -3.33. The second kappa shape index (κ2) is 4.78. The molecule has 0 radical (unpaired) electrons. The third-order valence-corrected chi connectivity index (χ3v) is 5.16. The van der Waals surface area contributed by atoms with Gasteiger partial charge < -0.3 is 0 Å². The Morgan fingerprint density at radius 1 is 1.29 bits per heavy atom. The Balaban J connectivity index is 2.33. The van der Waals surface area contributed by atoms with Crippen LogP contribution in [0.1, 0.15) is 31.9 Å². The van der Waals surface area contributed by atoms with Gasteiger partial charge in [0.1, 0.15) is 4.90 Å². The summed E-state index contributed by atoms with van der Waals surface area (Å²) in [6, 6.07) is 0. The van der Waals surface area contributed by atoms with Gasteiger partial charge in [0.15, 0.2) is 0 Å². The highest BCUT2D eigenvalue weighted by Gasteiger charge is 2.28. The average Bonchev–Trinajstić information content (AvgIpc) is 2.72. The van der Waals surface area contributed by atoms with Gasteiger partial charge in [-0.2, -0.15) is 9.40 Å². The molecule has 96 valence electrons. The smallest absolute Gasteiger partial charge is 0.246 e. The molecule has 0 aliphatic carbocycles. The van der Waals surface area contributed by atoms with Crippen LogP contribution in [0.3, 0.4) is 0 Å². The van der Waals surface area contributed by atoms with Gasteiger partial charge in [0, 0.05) is 25.8 Å². The minimum absolute atomic E-state index is 0.362. The fraction of sp³-hybridized carbons (Fsp3) is 0.727. The van der Waals surface area contributed by atoms with Crippen molar-refractivity contribution in [1.82, 2.24) is 14.1 Å². The van der Waals surface area contributed by atoms with Crippen molar-refractivity contribution in [3.8, 4) is 0 Å². The number of aryl methyl sites for hydroxylation is 2. The number of nitrogens with zero attached hydrogens (tertiary/aromatic N) is 3. The van der Waals surface area contributed by atoms with Crippen LogP contribution in [0.2, 0.25) is 0 Å². The van der Waals surface area contributed by atoms with E-state index in [1.54, 1.807) is 22.1 Å². The van der Waals surface area contributed by atoms with E-state index in [4.69, 9.17) is 0 Å². The lowest BCUT2D eigenvalue weighted by Crippen LogP contribution is -2.35. The van der Waals surface area contributed by atoms with Gasteiger partial charge in [0.2, 0.25) is 10.0 Å². The van der Waals surface area contributed by atoms with Crippen molar-refractivity contribution in [3.05, 3.63) is 11.9 Å². The molecule has 6 heteroatoms. The molecule has 0 amide bonds. The second-order valence-electron chi connectivity index (χ2n) is 4.40. The quantitative estimate of drug-likeness (QED) is 0.822. The second-order valence-corrected chi connectivity index (χ2v) is 6.31. The van der Waals surface area contributed by atoms with Crippen molar-refractivity contribution < 1.29 is 8.42 Å². The van der Waals surface area contributed by atoms with Crippen molar-refractivity contribution in [1.29, 1.82) is 0 Å². The first-order valence-electron chi connectivity index (χ1n) is 6.10. The maximum atomic E-state index is 12.4. The van der Waals surface area contributed by atoms with E-state index in [0.29, 0.717) is 30.2 Å². The molecule has 0 atom stereocenters. The Bertz CT molecular complexity index is 487. The molecule has 1 fully saturated rings. The highest BCUT2D eigenvalue weighted by molar-refractivity contribution is 7.89.